The summed E-state index contributed by atoms with van der Waals surface area (Å²) in [6.07, 6.45) is 4.73. The molecular formula is C17H34ClN3O2. The fourth-order valence-electron chi connectivity index (χ4n) is 3.14. The third kappa shape index (κ3) is 7.53. The van der Waals surface area contributed by atoms with Crippen LogP contribution in [0, 0.1) is 0 Å². The molecule has 0 aromatic heterocycles. The third-order valence-corrected chi connectivity index (χ3v) is 4.43. The molecule has 1 heterocycles. The minimum Gasteiger partial charge on any atom is -0.343 e. The Hall–Kier alpha value is -0.810. The minimum atomic E-state index is 0. The first kappa shape index (κ1) is 22.2. The van der Waals surface area contributed by atoms with Crippen LogP contribution in [0.2, 0.25) is 0 Å². The summed E-state index contributed by atoms with van der Waals surface area (Å²) in [5.41, 5.74) is 0. The standard InChI is InChI=1S/C17H33N3O2.ClH/c1-4-14-20(15-10-12-18-13-11-15)17(22)9-7-8-16(21)19(5-2)6-3;/h15,18H,4-14H2,1-3H3;1H. The van der Waals surface area contributed by atoms with E-state index in [1.165, 1.54) is 0 Å². The molecule has 0 atom stereocenters. The highest BCUT2D eigenvalue weighted by molar-refractivity contribution is 5.85. The van der Waals surface area contributed by atoms with E-state index in [4.69, 9.17) is 0 Å². The molecule has 5 nitrogen and oxygen atoms in total. The molecule has 1 aliphatic heterocycles. The van der Waals surface area contributed by atoms with E-state index in [1.54, 1.807) is 0 Å². The normalized spacial score (nSPS) is 14.9. The molecule has 0 radical (unpaired) electrons. The minimum absolute atomic E-state index is 0. The summed E-state index contributed by atoms with van der Waals surface area (Å²) in [4.78, 5) is 28.4. The fraction of sp³-hybridized carbons (Fsp3) is 0.882. The van der Waals surface area contributed by atoms with Crippen LogP contribution in [0.25, 0.3) is 0 Å². The molecular weight excluding hydrogens is 314 g/mol. The first-order valence-electron chi connectivity index (χ1n) is 8.91. The van der Waals surface area contributed by atoms with Crippen LogP contribution < -0.4 is 5.32 Å². The maximum atomic E-state index is 12.5. The number of hydrogen-bond donors (Lipinski definition) is 1. The number of rotatable bonds is 9. The number of hydrogen-bond acceptors (Lipinski definition) is 3. The van der Waals surface area contributed by atoms with Gasteiger partial charge in [-0.25, -0.2) is 0 Å². The van der Waals surface area contributed by atoms with Crippen molar-refractivity contribution >= 4 is 24.2 Å². The van der Waals surface area contributed by atoms with Crippen molar-refractivity contribution < 1.29 is 9.59 Å². The van der Waals surface area contributed by atoms with Crippen molar-refractivity contribution in [2.24, 2.45) is 0 Å². The number of piperidine rings is 1. The Morgan fingerprint density at radius 1 is 1.00 bits per heavy atom. The maximum absolute atomic E-state index is 12.5. The van der Waals surface area contributed by atoms with Gasteiger partial charge in [0.1, 0.15) is 0 Å². The number of amides is 2. The van der Waals surface area contributed by atoms with Gasteiger partial charge >= 0.3 is 0 Å². The van der Waals surface area contributed by atoms with E-state index < -0.39 is 0 Å². The summed E-state index contributed by atoms with van der Waals surface area (Å²) < 4.78 is 0. The first-order valence-corrected chi connectivity index (χ1v) is 8.91. The summed E-state index contributed by atoms with van der Waals surface area (Å²) in [7, 11) is 0. The Bertz CT molecular complexity index is 343. The van der Waals surface area contributed by atoms with E-state index in [2.05, 4.69) is 17.1 Å². The van der Waals surface area contributed by atoms with Gasteiger partial charge in [-0.3, -0.25) is 9.59 Å². The molecule has 0 unspecified atom stereocenters. The van der Waals surface area contributed by atoms with Gasteiger partial charge in [0.15, 0.2) is 0 Å². The van der Waals surface area contributed by atoms with E-state index in [0.717, 1.165) is 52.0 Å². The molecule has 6 heteroatoms. The lowest BCUT2D eigenvalue weighted by molar-refractivity contribution is -0.134. The average molecular weight is 348 g/mol. The molecule has 1 fully saturated rings. The summed E-state index contributed by atoms with van der Waals surface area (Å²) in [5, 5.41) is 3.35. The summed E-state index contributed by atoms with van der Waals surface area (Å²) in [6, 6.07) is 0.382. The Balaban J connectivity index is 0.00000484. The van der Waals surface area contributed by atoms with E-state index in [-0.39, 0.29) is 24.2 Å². The monoisotopic (exact) mass is 347 g/mol. The molecule has 1 N–H and O–H groups in total. The van der Waals surface area contributed by atoms with Gasteiger partial charge in [-0.05, 0) is 52.6 Å². The zero-order valence-corrected chi connectivity index (χ0v) is 15.8. The van der Waals surface area contributed by atoms with Crippen LogP contribution in [0.3, 0.4) is 0 Å². The molecule has 0 aromatic rings. The molecule has 2 amide bonds. The third-order valence-electron chi connectivity index (χ3n) is 4.43. The zero-order valence-electron chi connectivity index (χ0n) is 15.0. The van der Waals surface area contributed by atoms with E-state index >= 15 is 0 Å². The highest BCUT2D eigenvalue weighted by Crippen LogP contribution is 2.15. The summed E-state index contributed by atoms with van der Waals surface area (Å²) in [6.45, 7) is 10.4. The first-order chi connectivity index (χ1) is 10.6. The van der Waals surface area contributed by atoms with Crippen molar-refractivity contribution in [3.63, 3.8) is 0 Å². The summed E-state index contributed by atoms with van der Waals surface area (Å²) in [5.74, 6) is 0.391. The fourth-order valence-corrected chi connectivity index (χ4v) is 3.14. The molecule has 23 heavy (non-hydrogen) atoms. The zero-order chi connectivity index (χ0) is 16.4. The van der Waals surface area contributed by atoms with Gasteiger partial charge in [0, 0.05) is 38.5 Å². The van der Waals surface area contributed by atoms with Crippen LogP contribution in [0.15, 0.2) is 0 Å². The highest BCUT2D eigenvalue weighted by atomic mass is 35.5. The van der Waals surface area contributed by atoms with Crippen LogP contribution in [0.1, 0.15) is 59.3 Å². The molecule has 0 saturated carbocycles. The average Bonchev–Trinajstić information content (AvgIpc) is 2.54. The number of halogens is 1. The van der Waals surface area contributed by atoms with Crippen molar-refractivity contribution in [3.05, 3.63) is 0 Å². The number of nitrogens with zero attached hydrogens (tertiary/aromatic N) is 2. The molecule has 1 aliphatic rings. The van der Waals surface area contributed by atoms with Gasteiger partial charge in [-0.15, -0.1) is 12.4 Å². The topological polar surface area (TPSA) is 52.7 Å². The van der Waals surface area contributed by atoms with Gasteiger partial charge in [0.25, 0.3) is 0 Å². The van der Waals surface area contributed by atoms with Crippen LogP contribution >= 0.6 is 12.4 Å². The predicted molar refractivity (Wildman–Crippen MR) is 96.9 cm³/mol. The number of carbonyl (C=O) groups excluding carboxylic acids is 2. The van der Waals surface area contributed by atoms with Crippen LogP contribution in [-0.4, -0.2) is 60.4 Å². The van der Waals surface area contributed by atoms with Crippen molar-refractivity contribution in [2.45, 2.75) is 65.3 Å². The van der Waals surface area contributed by atoms with Crippen molar-refractivity contribution in [1.82, 2.24) is 15.1 Å². The molecule has 0 aromatic carbocycles. The van der Waals surface area contributed by atoms with E-state index in [9.17, 15) is 9.59 Å². The van der Waals surface area contributed by atoms with E-state index in [0.29, 0.717) is 25.3 Å². The van der Waals surface area contributed by atoms with Gasteiger partial charge in [0.05, 0.1) is 0 Å². The smallest absolute Gasteiger partial charge is 0.222 e. The van der Waals surface area contributed by atoms with Crippen LogP contribution in [0.5, 0.6) is 0 Å². The van der Waals surface area contributed by atoms with Gasteiger partial charge < -0.3 is 15.1 Å². The van der Waals surface area contributed by atoms with Gasteiger partial charge in [-0.1, -0.05) is 6.92 Å². The maximum Gasteiger partial charge on any atom is 0.222 e. The number of carbonyl (C=O) groups is 2. The molecule has 0 spiro atoms. The van der Waals surface area contributed by atoms with Gasteiger partial charge in [-0.2, -0.15) is 0 Å². The lowest BCUT2D eigenvalue weighted by Crippen LogP contribution is -2.46. The van der Waals surface area contributed by atoms with Gasteiger partial charge in [0.2, 0.25) is 11.8 Å². The second kappa shape index (κ2) is 12.6. The second-order valence-corrected chi connectivity index (χ2v) is 5.99. The Labute approximate surface area is 147 Å². The highest BCUT2D eigenvalue weighted by Gasteiger charge is 2.24. The molecule has 0 bridgehead atoms. The number of nitrogens with one attached hydrogen (secondary N) is 1. The predicted octanol–water partition coefficient (Wildman–Crippen LogP) is 2.44. The molecule has 1 rings (SSSR count). The lowest BCUT2D eigenvalue weighted by atomic mass is 10.0. The molecule has 136 valence electrons. The van der Waals surface area contributed by atoms with Crippen LogP contribution in [-0.2, 0) is 9.59 Å². The second-order valence-electron chi connectivity index (χ2n) is 5.99. The van der Waals surface area contributed by atoms with Crippen molar-refractivity contribution in [3.8, 4) is 0 Å². The largest absolute Gasteiger partial charge is 0.343 e. The molecule has 0 aliphatic carbocycles. The summed E-state index contributed by atoms with van der Waals surface area (Å²) >= 11 is 0. The SMILES string of the molecule is CCCN(C(=O)CCCC(=O)N(CC)CC)C1CCNCC1.Cl. The lowest BCUT2D eigenvalue weighted by Gasteiger charge is -2.34. The Morgan fingerprint density at radius 3 is 2.09 bits per heavy atom. The van der Waals surface area contributed by atoms with Crippen LogP contribution in [0.4, 0.5) is 0 Å². The van der Waals surface area contributed by atoms with Crippen molar-refractivity contribution in [1.29, 1.82) is 0 Å². The quantitative estimate of drug-likeness (QED) is 0.697. The Kier molecular flexibility index (Phi) is 12.1. The Morgan fingerprint density at radius 2 is 1.57 bits per heavy atom. The molecule has 1 saturated heterocycles. The van der Waals surface area contributed by atoms with E-state index in [1.807, 2.05) is 18.7 Å². The van der Waals surface area contributed by atoms with Crippen molar-refractivity contribution in [2.75, 3.05) is 32.7 Å².